The van der Waals surface area contributed by atoms with Gasteiger partial charge in [0.15, 0.2) is 5.16 Å². The first-order valence-electron chi connectivity index (χ1n) is 6.02. The van der Waals surface area contributed by atoms with Crippen LogP contribution in [-0.4, -0.2) is 26.2 Å². The van der Waals surface area contributed by atoms with E-state index in [0.717, 1.165) is 18.0 Å². The lowest BCUT2D eigenvalue weighted by Gasteiger charge is -2.37. The third kappa shape index (κ3) is 1.29. The molecule has 2 saturated carbocycles. The van der Waals surface area contributed by atoms with Crippen LogP contribution >= 0.6 is 11.8 Å². The lowest BCUT2D eigenvalue weighted by Crippen LogP contribution is -2.35. The van der Waals surface area contributed by atoms with Gasteiger partial charge in [0.2, 0.25) is 0 Å². The molecule has 1 aromatic rings. The highest BCUT2D eigenvalue weighted by Crippen LogP contribution is 2.66. The quantitative estimate of drug-likeness (QED) is 0.876. The number of rotatable bonds is 2. The van der Waals surface area contributed by atoms with Gasteiger partial charge in [-0.3, -0.25) is 9.89 Å². The Morgan fingerprint density at radius 2 is 2.24 bits per heavy atom. The summed E-state index contributed by atoms with van der Waals surface area (Å²) in [7, 11) is 0. The van der Waals surface area contributed by atoms with Gasteiger partial charge in [0.25, 0.3) is 0 Å². The molecule has 0 radical (unpaired) electrons. The van der Waals surface area contributed by atoms with Crippen molar-refractivity contribution in [2.75, 3.05) is 0 Å². The molecule has 5 heteroatoms. The van der Waals surface area contributed by atoms with Crippen LogP contribution in [0.25, 0.3) is 0 Å². The zero-order valence-corrected chi connectivity index (χ0v) is 11.2. The number of carbonyl (C=O) groups excluding carboxylic acids is 1. The summed E-state index contributed by atoms with van der Waals surface area (Å²) in [5.41, 5.74) is 0.202. The first-order valence-corrected chi connectivity index (χ1v) is 6.90. The van der Waals surface area contributed by atoms with E-state index < -0.39 is 0 Å². The van der Waals surface area contributed by atoms with Crippen molar-refractivity contribution in [3.05, 3.63) is 6.33 Å². The number of nitrogens with zero attached hydrogens (tertiary/aromatic N) is 2. The number of Topliss-reactive ketones (excluding diaryl/α,β-unsaturated/α-hetero) is 1. The largest absolute Gasteiger partial charge is 0.298 e. The Balaban J connectivity index is 1.94. The molecule has 0 spiro atoms. The second-order valence-electron chi connectivity index (χ2n) is 5.92. The van der Waals surface area contributed by atoms with Crippen molar-refractivity contribution in [1.82, 2.24) is 15.2 Å². The first-order chi connectivity index (χ1) is 7.97. The van der Waals surface area contributed by atoms with Gasteiger partial charge in [-0.15, -0.1) is 0 Å². The second-order valence-corrected chi connectivity index (χ2v) is 7.02. The summed E-state index contributed by atoms with van der Waals surface area (Å²) >= 11 is 1.55. The Labute approximate surface area is 105 Å². The minimum Gasteiger partial charge on any atom is -0.298 e. The van der Waals surface area contributed by atoms with E-state index >= 15 is 0 Å². The van der Waals surface area contributed by atoms with Gasteiger partial charge in [-0.2, -0.15) is 5.10 Å². The monoisotopic (exact) mass is 251 g/mol. The number of hydrogen-bond donors (Lipinski definition) is 1. The molecule has 0 saturated heterocycles. The van der Waals surface area contributed by atoms with Gasteiger partial charge in [-0.1, -0.05) is 32.5 Å². The molecule has 1 N–H and O–H groups in total. The van der Waals surface area contributed by atoms with Crippen LogP contribution in [0.4, 0.5) is 0 Å². The van der Waals surface area contributed by atoms with E-state index in [9.17, 15) is 4.79 Å². The summed E-state index contributed by atoms with van der Waals surface area (Å²) in [6, 6.07) is 0. The number of thioether (sulfide) groups is 1. The van der Waals surface area contributed by atoms with Crippen molar-refractivity contribution in [2.45, 2.75) is 44.0 Å². The number of hydrogen-bond acceptors (Lipinski definition) is 4. The normalized spacial score (nSPS) is 38.9. The van der Waals surface area contributed by atoms with Gasteiger partial charge >= 0.3 is 0 Å². The predicted octanol–water partition coefficient (Wildman–Crippen LogP) is 2.29. The van der Waals surface area contributed by atoms with Crippen LogP contribution in [0.2, 0.25) is 0 Å². The zero-order chi connectivity index (χ0) is 12.3. The third-order valence-corrected chi connectivity index (χ3v) is 6.51. The van der Waals surface area contributed by atoms with Crippen LogP contribution in [0.1, 0.15) is 33.6 Å². The smallest absolute Gasteiger partial charge is 0.184 e. The standard InChI is InChI=1S/C12H17N3OS/c1-11(2)7-4-5-12(11,3)9(8(7)16)17-10-13-6-14-15-10/h6-7,9H,4-5H2,1-3H3,(H,13,14,15)/t7-,9-,12-/m0/s1. The summed E-state index contributed by atoms with van der Waals surface area (Å²) in [4.78, 5) is 16.6. The molecule has 0 aromatic carbocycles. The van der Waals surface area contributed by atoms with E-state index in [1.807, 2.05) is 0 Å². The predicted molar refractivity (Wildman–Crippen MR) is 65.6 cm³/mol. The fraction of sp³-hybridized carbons (Fsp3) is 0.750. The van der Waals surface area contributed by atoms with Crippen LogP contribution in [-0.2, 0) is 4.79 Å². The van der Waals surface area contributed by atoms with E-state index in [2.05, 4.69) is 36.0 Å². The summed E-state index contributed by atoms with van der Waals surface area (Å²) in [5.74, 6) is 0.637. The van der Waals surface area contributed by atoms with E-state index in [0.29, 0.717) is 5.78 Å². The van der Waals surface area contributed by atoms with Crippen LogP contribution < -0.4 is 0 Å². The van der Waals surface area contributed by atoms with Crippen LogP contribution in [0, 0.1) is 16.7 Å². The highest BCUT2D eigenvalue weighted by molar-refractivity contribution is 8.00. The highest BCUT2D eigenvalue weighted by atomic mass is 32.2. The number of H-pyrrole nitrogens is 1. The average molecular weight is 251 g/mol. The number of nitrogens with one attached hydrogen (secondary N) is 1. The lowest BCUT2D eigenvalue weighted by atomic mass is 9.71. The molecule has 92 valence electrons. The summed E-state index contributed by atoms with van der Waals surface area (Å²) in [6.07, 6.45) is 3.69. The van der Waals surface area contributed by atoms with Crippen LogP contribution in [0.3, 0.4) is 0 Å². The fourth-order valence-electron chi connectivity index (χ4n) is 3.54. The molecule has 4 nitrogen and oxygen atoms in total. The highest BCUT2D eigenvalue weighted by Gasteiger charge is 2.66. The SMILES string of the molecule is CC1(C)[C@H]2CC[C@@]1(C)[C@@H](Sc1ncn[nH]1)C2=O. The molecule has 2 fully saturated rings. The van der Waals surface area contributed by atoms with E-state index in [4.69, 9.17) is 0 Å². The van der Waals surface area contributed by atoms with Crippen LogP contribution in [0.15, 0.2) is 11.5 Å². The Bertz CT molecular complexity index is 456. The minimum atomic E-state index is 0.0317. The molecular formula is C12H17N3OS. The Morgan fingerprint density at radius 3 is 2.76 bits per heavy atom. The van der Waals surface area contributed by atoms with Crippen molar-refractivity contribution in [1.29, 1.82) is 0 Å². The van der Waals surface area contributed by atoms with Crippen molar-refractivity contribution in [3.8, 4) is 0 Å². The zero-order valence-electron chi connectivity index (χ0n) is 10.4. The maximum atomic E-state index is 12.4. The van der Waals surface area contributed by atoms with E-state index in [-0.39, 0.29) is 22.0 Å². The van der Waals surface area contributed by atoms with E-state index in [1.54, 1.807) is 11.8 Å². The fourth-order valence-corrected chi connectivity index (χ4v) is 4.94. The molecule has 3 atom stereocenters. The molecule has 2 bridgehead atoms. The number of aromatic amines is 1. The van der Waals surface area contributed by atoms with Gasteiger partial charge < -0.3 is 0 Å². The van der Waals surface area contributed by atoms with Crippen molar-refractivity contribution >= 4 is 17.5 Å². The minimum absolute atomic E-state index is 0.0317. The van der Waals surface area contributed by atoms with Gasteiger partial charge in [0, 0.05) is 5.92 Å². The number of ketones is 1. The lowest BCUT2D eigenvalue weighted by molar-refractivity contribution is -0.122. The topological polar surface area (TPSA) is 58.6 Å². The maximum absolute atomic E-state index is 12.4. The average Bonchev–Trinajstić information content (AvgIpc) is 2.86. The van der Waals surface area contributed by atoms with Crippen LogP contribution in [0.5, 0.6) is 0 Å². The first kappa shape index (κ1) is 11.3. The number of fused-ring (bicyclic) bond motifs is 2. The Morgan fingerprint density at radius 1 is 1.47 bits per heavy atom. The molecule has 2 aliphatic rings. The summed E-state index contributed by atoms with van der Waals surface area (Å²) in [6.45, 7) is 6.74. The summed E-state index contributed by atoms with van der Waals surface area (Å²) in [5, 5.41) is 7.47. The molecule has 1 heterocycles. The number of aromatic nitrogens is 3. The molecule has 0 amide bonds. The molecule has 0 unspecified atom stereocenters. The molecule has 2 aliphatic carbocycles. The van der Waals surface area contributed by atoms with Gasteiger partial charge in [0.1, 0.15) is 12.1 Å². The molecule has 3 rings (SSSR count). The van der Waals surface area contributed by atoms with E-state index in [1.165, 1.54) is 6.33 Å². The Hall–Kier alpha value is -0.840. The van der Waals surface area contributed by atoms with Crippen molar-refractivity contribution < 1.29 is 4.79 Å². The van der Waals surface area contributed by atoms with Crippen molar-refractivity contribution in [3.63, 3.8) is 0 Å². The summed E-state index contributed by atoms with van der Waals surface area (Å²) < 4.78 is 0. The molecule has 1 aromatic heterocycles. The molecule has 17 heavy (non-hydrogen) atoms. The van der Waals surface area contributed by atoms with Gasteiger partial charge in [0.05, 0.1) is 5.25 Å². The molecule has 0 aliphatic heterocycles. The van der Waals surface area contributed by atoms with Gasteiger partial charge in [-0.05, 0) is 23.7 Å². The van der Waals surface area contributed by atoms with Gasteiger partial charge in [-0.25, -0.2) is 4.98 Å². The number of carbonyl (C=O) groups is 1. The van der Waals surface area contributed by atoms with Crippen molar-refractivity contribution in [2.24, 2.45) is 16.7 Å². The second kappa shape index (κ2) is 3.34. The third-order valence-electron chi connectivity index (χ3n) is 5.10. The maximum Gasteiger partial charge on any atom is 0.184 e. The Kier molecular flexibility index (Phi) is 2.21. The molecular weight excluding hydrogens is 234 g/mol.